The highest BCUT2D eigenvalue weighted by molar-refractivity contribution is 7.89. The zero-order valence-corrected chi connectivity index (χ0v) is 16.5. The predicted molar refractivity (Wildman–Crippen MR) is 101 cm³/mol. The highest BCUT2D eigenvalue weighted by Gasteiger charge is 2.34. The average molecular weight is 430 g/mol. The van der Waals surface area contributed by atoms with E-state index in [1.54, 1.807) is 18.3 Å². The molecule has 1 saturated heterocycles. The molecule has 0 radical (unpaired) electrons. The smallest absolute Gasteiger partial charge is 0.404 e. The lowest BCUT2D eigenvalue weighted by Gasteiger charge is -2.34. The number of pyridine rings is 1. The van der Waals surface area contributed by atoms with Gasteiger partial charge in [-0.1, -0.05) is 18.2 Å². The Balaban J connectivity index is 1.79. The molecule has 3 rings (SSSR count). The van der Waals surface area contributed by atoms with Crippen molar-refractivity contribution in [3.63, 3.8) is 0 Å². The zero-order chi connectivity index (χ0) is 21.1. The number of rotatable bonds is 6. The minimum atomic E-state index is -5.00. The van der Waals surface area contributed by atoms with E-state index in [2.05, 4.69) is 24.2 Å². The Kier molecular flexibility index (Phi) is 6.30. The monoisotopic (exact) mass is 430 g/mol. The quantitative estimate of drug-likeness (QED) is 0.758. The lowest BCUT2D eigenvalue weighted by Crippen LogP contribution is -2.45. The first-order valence-electron chi connectivity index (χ1n) is 8.87. The molecule has 0 unspecified atom stereocenters. The Bertz CT molecular complexity index is 945. The van der Waals surface area contributed by atoms with Crippen LogP contribution in [-0.4, -0.2) is 57.9 Å². The van der Waals surface area contributed by atoms with Crippen LogP contribution in [0.2, 0.25) is 0 Å². The fraction of sp³-hybridized carbons (Fsp3) is 0.389. The first-order chi connectivity index (χ1) is 13.7. The molecule has 0 atom stereocenters. The second-order valence-corrected chi connectivity index (χ2v) is 8.33. The van der Waals surface area contributed by atoms with Crippen molar-refractivity contribution >= 4 is 15.8 Å². The van der Waals surface area contributed by atoms with Crippen LogP contribution in [-0.2, 0) is 16.6 Å². The van der Waals surface area contributed by atoms with Gasteiger partial charge in [-0.3, -0.25) is 0 Å². The summed E-state index contributed by atoms with van der Waals surface area (Å²) in [6.45, 7) is 3.08. The van der Waals surface area contributed by atoms with Crippen LogP contribution in [0.1, 0.15) is 5.56 Å². The molecule has 1 fully saturated rings. The second-order valence-electron chi connectivity index (χ2n) is 6.60. The summed E-state index contributed by atoms with van der Waals surface area (Å²) in [5.74, 6) is -0.124. The molecule has 0 saturated carbocycles. The third kappa shape index (κ3) is 5.58. The van der Waals surface area contributed by atoms with Crippen molar-refractivity contribution in [3.05, 3.63) is 48.2 Å². The van der Waals surface area contributed by atoms with Crippen molar-refractivity contribution in [2.24, 2.45) is 0 Å². The highest BCUT2D eigenvalue weighted by Crippen LogP contribution is 2.29. The van der Waals surface area contributed by atoms with Crippen LogP contribution in [0, 0.1) is 0 Å². The molecular formula is C18H21F3N4O3S. The van der Waals surface area contributed by atoms with Gasteiger partial charge in [0, 0.05) is 44.5 Å². The van der Waals surface area contributed by atoms with Gasteiger partial charge in [0.2, 0.25) is 10.0 Å². The SMILES string of the molecule is CN1CCN(c2ncccc2CNS(=O)(=O)c2ccccc2OC(F)(F)F)CC1. The lowest BCUT2D eigenvalue weighted by molar-refractivity contribution is -0.275. The van der Waals surface area contributed by atoms with E-state index in [9.17, 15) is 21.6 Å². The molecule has 2 heterocycles. The molecule has 1 aromatic carbocycles. The summed E-state index contributed by atoms with van der Waals surface area (Å²) in [6, 6.07) is 8.05. The van der Waals surface area contributed by atoms with Gasteiger partial charge in [-0.25, -0.2) is 18.1 Å². The van der Waals surface area contributed by atoms with Crippen molar-refractivity contribution in [2.45, 2.75) is 17.8 Å². The third-order valence-electron chi connectivity index (χ3n) is 4.49. The van der Waals surface area contributed by atoms with Crippen LogP contribution in [0.5, 0.6) is 5.75 Å². The summed E-state index contributed by atoms with van der Waals surface area (Å²) in [6.07, 6.45) is -3.37. The molecule has 1 aliphatic heterocycles. The van der Waals surface area contributed by atoms with Crippen molar-refractivity contribution in [2.75, 3.05) is 38.1 Å². The third-order valence-corrected chi connectivity index (χ3v) is 5.93. The maximum Gasteiger partial charge on any atom is 0.573 e. The molecule has 0 amide bonds. The normalized spacial score (nSPS) is 16.1. The molecule has 1 N–H and O–H groups in total. The molecular weight excluding hydrogens is 409 g/mol. The number of para-hydroxylation sites is 1. The number of likely N-dealkylation sites (N-methyl/N-ethyl adjacent to an activating group) is 1. The molecule has 0 spiro atoms. The number of ether oxygens (including phenoxy) is 1. The first kappa shape index (κ1) is 21.3. The topological polar surface area (TPSA) is 74.8 Å². The van der Waals surface area contributed by atoms with E-state index in [0.29, 0.717) is 11.4 Å². The van der Waals surface area contributed by atoms with Gasteiger partial charge < -0.3 is 14.5 Å². The number of piperazine rings is 1. The Morgan fingerprint density at radius 2 is 1.79 bits per heavy atom. The first-order valence-corrected chi connectivity index (χ1v) is 10.4. The standard InChI is InChI=1S/C18H21F3N4O3S/c1-24-9-11-25(12-10-24)17-14(5-4-8-22-17)13-23-29(26,27)16-7-3-2-6-15(16)28-18(19,20)21/h2-8,23H,9-13H2,1H3. The number of benzene rings is 1. The number of nitrogens with one attached hydrogen (secondary N) is 1. The van der Waals surface area contributed by atoms with Crippen molar-refractivity contribution in [1.82, 2.24) is 14.6 Å². The molecule has 158 valence electrons. The number of alkyl halides is 3. The van der Waals surface area contributed by atoms with Crippen LogP contribution in [0.4, 0.5) is 19.0 Å². The summed E-state index contributed by atoms with van der Waals surface area (Å²) in [5.41, 5.74) is 0.634. The number of aromatic nitrogens is 1. The van der Waals surface area contributed by atoms with Gasteiger partial charge in [-0.05, 0) is 25.2 Å². The van der Waals surface area contributed by atoms with E-state index < -0.39 is 27.0 Å². The molecule has 1 aromatic heterocycles. The van der Waals surface area contributed by atoms with Crippen LogP contribution >= 0.6 is 0 Å². The van der Waals surface area contributed by atoms with E-state index in [1.165, 1.54) is 12.1 Å². The summed E-state index contributed by atoms with van der Waals surface area (Å²) in [4.78, 5) is 8.02. The van der Waals surface area contributed by atoms with Gasteiger partial charge in [0.05, 0.1) is 0 Å². The van der Waals surface area contributed by atoms with Gasteiger partial charge >= 0.3 is 6.36 Å². The number of hydrogen-bond donors (Lipinski definition) is 1. The van der Waals surface area contributed by atoms with Gasteiger partial charge in [-0.15, -0.1) is 13.2 Å². The average Bonchev–Trinajstić information content (AvgIpc) is 2.66. The lowest BCUT2D eigenvalue weighted by atomic mass is 10.2. The largest absolute Gasteiger partial charge is 0.573 e. The van der Waals surface area contributed by atoms with E-state index in [1.807, 2.05) is 7.05 Å². The molecule has 11 heteroatoms. The van der Waals surface area contributed by atoms with Crippen LogP contribution in [0.3, 0.4) is 0 Å². The van der Waals surface area contributed by atoms with Crippen molar-refractivity contribution in [3.8, 4) is 5.75 Å². The minimum Gasteiger partial charge on any atom is -0.404 e. The molecule has 1 aliphatic rings. The molecule has 7 nitrogen and oxygen atoms in total. The summed E-state index contributed by atoms with van der Waals surface area (Å²) in [7, 11) is -2.23. The fourth-order valence-electron chi connectivity index (χ4n) is 3.00. The summed E-state index contributed by atoms with van der Waals surface area (Å²) in [5, 5.41) is 0. The van der Waals surface area contributed by atoms with Crippen LogP contribution < -0.4 is 14.4 Å². The maximum absolute atomic E-state index is 12.6. The van der Waals surface area contributed by atoms with Gasteiger partial charge in [0.25, 0.3) is 0 Å². The number of halogens is 3. The van der Waals surface area contributed by atoms with Crippen LogP contribution in [0.25, 0.3) is 0 Å². The fourth-order valence-corrected chi connectivity index (χ4v) is 4.14. The summed E-state index contributed by atoms with van der Waals surface area (Å²) >= 11 is 0. The van der Waals surface area contributed by atoms with Gasteiger partial charge in [-0.2, -0.15) is 0 Å². The highest BCUT2D eigenvalue weighted by atomic mass is 32.2. The predicted octanol–water partition coefficient (Wildman–Crippen LogP) is 2.21. The molecule has 2 aromatic rings. The zero-order valence-electron chi connectivity index (χ0n) is 15.7. The molecule has 29 heavy (non-hydrogen) atoms. The maximum atomic E-state index is 12.6. The van der Waals surface area contributed by atoms with E-state index >= 15 is 0 Å². The minimum absolute atomic E-state index is 0.113. The number of nitrogens with zero attached hydrogens (tertiary/aromatic N) is 3. The number of anilines is 1. The van der Waals surface area contributed by atoms with E-state index in [-0.39, 0.29) is 6.54 Å². The van der Waals surface area contributed by atoms with Crippen molar-refractivity contribution < 1.29 is 26.3 Å². The van der Waals surface area contributed by atoms with E-state index in [0.717, 1.165) is 38.3 Å². The number of hydrogen-bond acceptors (Lipinski definition) is 6. The van der Waals surface area contributed by atoms with Crippen molar-refractivity contribution in [1.29, 1.82) is 0 Å². The van der Waals surface area contributed by atoms with Gasteiger partial charge in [0.1, 0.15) is 16.5 Å². The second kappa shape index (κ2) is 8.56. The Morgan fingerprint density at radius 1 is 1.10 bits per heavy atom. The Labute approximate surface area is 167 Å². The Hall–Kier alpha value is -2.37. The number of sulfonamides is 1. The molecule has 0 bridgehead atoms. The van der Waals surface area contributed by atoms with E-state index in [4.69, 9.17) is 0 Å². The van der Waals surface area contributed by atoms with Crippen LogP contribution in [0.15, 0.2) is 47.5 Å². The Morgan fingerprint density at radius 3 is 2.48 bits per heavy atom. The molecule has 0 aliphatic carbocycles. The summed E-state index contributed by atoms with van der Waals surface area (Å²) < 4.78 is 69.3. The van der Waals surface area contributed by atoms with Gasteiger partial charge in [0.15, 0.2) is 0 Å².